The maximum Gasteiger partial charge on any atom is 0.0637 e. The van der Waals surface area contributed by atoms with Crippen LogP contribution < -0.4 is 5.32 Å². The van der Waals surface area contributed by atoms with Crippen molar-refractivity contribution >= 4 is 36.4 Å². The smallest absolute Gasteiger partial charge is 0.0637 e. The quantitative estimate of drug-likeness (QED) is 0.930. The van der Waals surface area contributed by atoms with Crippen LogP contribution in [0.25, 0.3) is 0 Å². The topological polar surface area (TPSA) is 28.2 Å². The van der Waals surface area contributed by atoms with Gasteiger partial charge in [-0.25, -0.2) is 0 Å². The van der Waals surface area contributed by atoms with E-state index in [4.69, 9.17) is 11.6 Å². The van der Waals surface area contributed by atoms with Crippen molar-refractivity contribution in [2.24, 2.45) is 0 Å². The maximum atomic E-state index is 6.21. The molecule has 18 heavy (non-hydrogen) atoms. The van der Waals surface area contributed by atoms with Gasteiger partial charge in [0.15, 0.2) is 0 Å². The van der Waals surface area contributed by atoms with E-state index in [-0.39, 0.29) is 24.8 Å². The predicted molar refractivity (Wildman–Crippen MR) is 81.2 cm³/mol. The average molecular weight is 313 g/mol. The highest BCUT2D eigenvalue weighted by atomic mass is 35.5. The third kappa shape index (κ3) is 4.25. The van der Waals surface area contributed by atoms with Crippen LogP contribution in [-0.4, -0.2) is 36.1 Å². The van der Waals surface area contributed by atoms with E-state index in [1.54, 1.807) is 6.20 Å². The Balaban J connectivity index is 0.00000144. The van der Waals surface area contributed by atoms with Crippen LogP contribution in [0.15, 0.2) is 18.5 Å². The molecule has 0 bridgehead atoms. The summed E-state index contributed by atoms with van der Waals surface area (Å²) in [6, 6.07) is 2.47. The molecule has 2 heterocycles. The molecule has 1 aliphatic rings. The van der Waals surface area contributed by atoms with Gasteiger partial charge in [-0.2, -0.15) is 0 Å². The summed E-state index contributed by atoms with van der Waals surface area (Å²) in [4.78, 5) is 6.54. The van der Waals surface area contributed by atoms with Crippen LogP contribution in [0, 0.1) is 0 Å². The minimum Gasteiger partial charge on any atom is -0.314 e. The fourth-order valence-electron chi connectivity index (χ4n) is 2.32. The molecule has 1 aromatic heterocycles. The van der Waals surface area contributed by atoms with Gasteiger partial charge in [0.1, 0.15) is 0 Å². The van der Waals surface area contributed by atoms with E-state index in [2.05, 4.69) is 22.1 Å². The number of rotatable bonds is 3. The second kappa shape index (κ2) is 8.94. The Morgan fingerprint density at radius 1 is 1.39 bits per heavy atom. The Morgan fingerprint density at radius 3 is 2.61 bits per heavy atom. The minimum atomic E-state index is 0. The fourth-order valence-corrected chi connectivity index (χ4v) is 2.57. The van der Waals surface area contributed by atoms with Crippen molar-refractivity contribution in [1.29, 1.82) is 0 Å². The lowest BCUT2D eigenvalue weighted by Gasteiger charge is -2.35. The van der Waals surface area contributed by atoms with Crippen LogP contribution in [0.1, 0.15) is 24.9 Å². The van der Waals surface area contributed by atoms with Gasteiger partial charge in [-0.15, -0.1) is 24.8 Å². The monoisotopic (exact) mass is 311 g/mol. The Kier molecular flexibility index (Phi) is 8.91. The van der Waals surface area contributed by atoms with Gasteiger partial charge in [0.05, 0.1) is 5.02 Å². The van der Waals surface area contributed by atoms with Gasteiger partial charge in [-0.05, 0) is 18.1 Å². The molecule has 3 nitrogen and oxygen atoms in total. The summed E-state index contributed by atoms with van der Waals surface area (Å²) >= 11 is 6.21. The molecule has 1 N–H and O–H groups in total. The third-order valence-electron chi connectivity index (χ3n) is 3.14. The molecule has 0 radical (unpaired) electrons. The van der Waals surface area contributed by atoms with Crippen molar-refractivity contribution in [2.75, 3.05) is 26.2 Å². The number of piperazine rings is 1. The summed E-state index contributed by atoms with van der Waals surface area (Å²) < 4.78 is 0. The number of halogens is 3. The second-order valence-corrected chi connectivity index (χ2v) is 4.51. The minimum absolute atomic E-state index is 0. The van der Waals surface area contributed by atoms with Crippen molar-refractivity contribution in [3.05, 3.63) is 29.0 Å². The van der Waals surface area contributed by atoms with E-state index in [1.165, 1.54) is 5.56 Å². The van der Waals surface area contributed by atoms with Gasteiger partial charge in [-0.3, -0.25) is 9.88 Å². The number of aromatic nitrogens is 1. The van der Waals surface area contributed by atoms with E-state index in [9.17, 15) is 0 Å². The standard InChI is InChI=1S/C12H18ClN3.2ClH/c1-2-12(16-7-5-14-6-8-16)10-3-4-15-9-11(10)13;;/h3-4,9,12,14H,2,5-8H2,1H3;2*1H/t12-;;/m1../s1. The first kappa shape index (κ1) is 17.9. The van der Waals surface area contributed by atoms with Gasteiger partial charge < -0.3 is 5.32 Å². The summed E-state index contributed by atoms with van der Waals surface area (Å²) in [6.07, 6.45) is 4.65. The number of nitrogens with one attached hydrogen (secondary N) is 1. The van der Waals surface area contributed by atoms with E-state index >= 15 is 0 Å². The number of hydrogen-bond acceptors (Lipinski definition) is 3. The predicted octanol–water partition coefficient (Wildman–Crippen LogP) is 2.93. The molecule has 2 rings (SSSR count). The summed E-state index contributed by atoms with van der Waals surface area (Å²) in [5.74, 6) is 0. The highest BCUT2D eigenvalue weighted by Crippen LogP contribution is 2.29. The Labute approximate surface area is 126 Å². The Morgan fingerprint density at radius 2 is 2.06 bits per heavy atom. The van der Waals surface area contributed by atoms with Gasteiger partial charge in [0.25, 0.3) is 0 Å². The van der Waals surface area contributed by atoms with Crippen molar-refractivity contribution in [3.8, 4) is 0 Å². The molecule has 1 aromatic rings. The first-order valence-electron chi connectivity index (χ1n) is 5.87. The highest BCUT2D eigenvalue weighted by molar-refractivity contribution is 6.31. The SMILES string of the molecule is CC[C@H](c1ccncc1Cl)N1CCNCC1.Cl.Cl. The van der Waals surface area contributed by atoms with E-state index < -0.39 is 0 Å². The fraction of sp³-hybridized carbons (Fsp3) is 0.583. The molecule has 104 valence electrons. The van der Waals surface area contributed by atoms with Gasteiger partial charge in [0, 0.05) is 44.6 Å². The molecule has 6 heteroatoms. The molecule has 0 spiro atoms. The summed E-state index contributed by atoms with van der Waals surface area (Å²) in [5.41, 5.74) is 1.21. The van der Waals surface area contributed by atoms with Crippen LogP contribution in [0.5, 0.6) is 0 Å². The van der Waals surface area contributed by atoms with Crippen LogP contribution in [-0.2, 0) is 0 Å². The third-order valence-corrected chi connectivity index (χ3v) is 3.46. The van der Waals surface area contributed by atoms with Crippen LogP contribution >= 0.6 is 36.4 Å². The first-order valence-corrected chi connectivity index (χ1v) is 6.25. The summed E-state index contributed by atoms with van der Waals surface area (Å²) in [6.45, 7) is 6.54. The lowest BCUT2D eigenvalue weighted by molar-refractivity contribution is 0.169. The molecule has 1 fully saturated rings. The molecule has 0 saturated carbocycles. The van der Waals surface area contributed by atoms with Crippen molar-refractivity contribution in [1.82, 2.24) is 15.2 Å². The van der Waals surface area contributed by atoms with Gasteiger partial charge in [0.2, 0.25) is 0 Å². The molecular formula is C12H20Cl3N3. The highest BCUT2D eigenvalue weighted by Gasteiger charge is 2.22. The normalized spacial score (nSPS) is 17.4. The number of pyridine rings is 1. The molecule has 0 aromatic carbocycles. The number of hydrogen-bond donors (Lipinski definition) is 1. The van der Waals surface area contributed by atoms with E-state index in [1.807, 2.05) is 12.3 Å². The van der Waals surface area contributed by atoms with Crippen LogP contribution in [0.4, 0.5) is 0 Å². The van der Waals surface area contributed by atoms with E-state index in [0.29, 0.717) is 6.04 Å². The van der Waals surface area contributed by atoms with Gasteiger partial charge >= 0.3 is 0 Å². The van der Waals surface area contributed by atoms with E-state index in [0.717, 1.165) is 37.6 Å². The molecule has 1 aliphatic heterocycles. The van der Waals surface area contributed by atoms with Crippen molar-refractivity contribution < 1.29 is 0 Å². The zero-order chi connectivity index (χ0) is 11.4. The van der Waals surface area contributed by atoms with Crippen LogP contribution in [0.2, 0.25) is 5.02 Å². The summed E-state index contributed by atoms with van der Waals surface area (Å²) in [5, 5.41) is 4.16. The largest absolute Gasteiger partial charge is 0.314 e. The van der Waals surface area contributed by atoms with Crippen molar-refractivity contribution in [3.63, 3.8) is 0 Å². The first-order chi connectivity index (χ1) is 7.83. The lowest BCUT2D eigenvalue weighted by Crippen LogP contribution is -2.45. The van der Waals surface area contributed by atoms with Gasteiger partial charge in [-0.1, -0.05) is 18.5 Å². The second-order valence-electron chi connectivity index (χ2n) is 4.11. The zero-order valence-electron chi connectivity index (χ0n) is 10.4. The molecule has 0 aliphatic carbocycles. The molecular weight excluding hydrogens is 293 g/mol. The lowest BCUT2D eigenvalue weighted by atomic mass is 10.0. The van der Waals surface area contributed by atoms with Crippen molar-refractivity contribution in [2.45, 2.75) is 19.4 Å². The zero-order valence-corrected chi connectivity index (χ0v) is 12.8. The Bertz CT molecular complexity index is 343. The molecule has 1 atom stereocenters. The molecule has 0 unspecified atom stereocenters. The van der Waals surface area contributed by atoms with Crippen LogP contribution in [0.3, 0.4) is 0 Å². The number of nitrogens with zero attached hydrogens (tertiary/aromatic N) is 2. The summed E-state index contributed by atoms with van der Waals surface area (Å²) in [7, 11) is 0. The average Bonchev–Trinajstić information content (AvgIpc) is 2.34. The Hall–Kier alpha value is -0.0600. The molecule has 0 amide bonds. The molecule has 1 saturated heterocycles. The maximum absolute atomic E-state index is 6.21.